The van der Waals surface area contributed by atoms with Crippen LogP contribution in [0.25, 0.3) is 0 Å². The summed E-state index contributed by atoms with van der Waals surface area (Å²) in [5, 5.41) is 23.7. The van der Waals surface area contributed by atoms with E-state index in [0.29, 0.717) is 11.1 Å². The van der Waals surface area contributed by atoms with E-state index in [1.54, 1.807) is 48.5 Å². The topological polar surface area (TPSA) is 198 Å². The van der Waals surface area contributed by atoms with Crippen molar-refractivity contribution < 1.29 is 57.9 Å². The number of aliphatic hydroxyl groups excluding tert-OH is 2. The molecule has 0 aromatic rings. The van der Waals surface area contributed by atoms with Crippen LogP contribution in [0.4, 0.5) is 0 Å². The van der Waals surface area contributed by atoms with Crippen molar-refractivity contribution in [3.63, 3.8) is 0 Å². The Bertz CT molecular complexity index is 1420. The molecule has 4 N–H and O–H groups in total. The van der Waals surface area contributed by atoms with E-state index < -0.39 is 87.3 Å². The highest BCUT2D eigenvalue weighted by Gasteiger charge is 2.91. The summed E-state index contributed by atoms with van der Waals surface area (Å²) in [5.74, 6) is -5.42. The number of allylic oxidation sites excluding steroid dienone is 3. The van der Waals surface area contributed by atoms with Gasteiger partial charge >= 0.3 is 17.9 Å². The van der Waals surface area contributed by atoms with Crippen LogP contribution in [0.3, 0.4) is 0 Å². The zero-order chi connectivity index (χ0) is 33.7. The van der Waals surface area contributed by atoms with Gasteiger partial charge in [0.05, 0.1) is 25.2 Å². The van der Waals surface area contributed by atoms with E-state index in [2.05, 4.69) is 0 Å². The number of esters is 3. The first kappa shape index (κ1) is 33.2. The van der Waals surface area contributed by atoms with Gasteiger partial charge in [0.15, 0.2) is 17.3 Å². The van der Waals surface area contributed by atoms with Crippen molar-refractivity contribution in [2.24, 2.45) is 33.8 Å². The van der Waals surface area contributed by atoms with Crippen molar-refractivity contribution in [2.45, 2.75) is 96.9 Å². The zero-order valence-electron chi connectivity index (χ0n) is 26.9. The van der Waals surface area contributed by atoms with Crippen molar-refractivity contribution in [3.8, 4) is 0 Å². The molecule has 2 saturated carbocycles. The number of rotatable bonds is 6. The fourth-order valence-electron chi connectivity index (χ4n) is 8.94. The van der Waals surface area contributed by atoms with Crippen molar-refractivity contribution >= 4 is 29.5 Å². The molecular formula is C32H43NO12. The lowest BCUT2D eigenvalue weighted by Gasteiger charge is -2.70. The van der Waals surface area contributed by atoms with Crippen LogP contribution in [0.5, 0.6) is 0 Å². The molecule has 5 rings (SSSR count). The standard InChI is InChI=1S/C32H43NO12/c1-14(2)9-20(36)45-25-26(39)44-19-10-16-15(3)22(42-12-18(35)28(4,5)6)17(34)11-29(16,7)23-21(37)24(38)31(27(40)41-8)32(25,33)30(19,23)13-43-31/h9,16,19,21,23-25,37-38H,10-13,33H2,1-8H3/t16-,19+,21+,23?,24-,25-,29-,30+,31-,32-/m0/s1. The predicted molar refractivity (Wildman–Crippen MR) is 154 cm³/mol. The SMILES string of the molecule is COC(=O)[C@@]12OC[C@]34C([C@@H](O)[C@@H]1O)[C@@]1(C)CC(=O)C(OCC(=O)C(C)(C)C)=C(C)[C@@H]1C[C@H]3OC(=O)[C@H](OC(=O)C=C(C)C)[C@@]24N. The van der Waals surface area contributed by atoms with Crippen molar-refractivity contribution in [2.75, 3.05) is 20.3 Å². The van der Waals surface area contributed by atoms with E-state index >= 15 is 0 Å². The van der Waals surface area contributed by atoms with E-state index in [1.807, 2.05) is 0 Å². The van der Waals surface area contributed by atoms with Crippen LogP contribution < -0.4 is 5.73 Å². The Morgan fingerprint density at radius 3 is 2.38 bits per heavy atom. The Morgan fingerprint density at radius 2 is 1.80 bits per heavy atom. The maximum absolute atomic E-state index is 13.8. The monoisotopic (exact) mass is 633 g/mol. The highest BCUT2D eigenvalue weighted by atomic mass is 16.6. The molecule has 5 aliphatic rings. The second-order valence-corrected chi connectivity index (χ2v) is 14.7. The molecular weight excluding hydrogens is 590 g/mol. The summed E-state index contributed by atoms with van der Waals surface area (Å²) in [4.78, 5) is 66.7. The van der Waals surface area contributed by atoms with Crippen LogP contribution in [0.2, 0.25) is 0 Å². The maximum atomic E-state index is 13.8. The number of ketones is 2. The highest BCUT2D eigenvalue weighted by Crippen LogP contribution is 2.73. The molecule has 1 spiro atoms. The molecule has 0 radical (unpaired) electrons. The second-order valence-electron chi connectivity index (χ2n) is 14.7. The molecule has 248 valence electrons. The summed E-state index contributed by atoms with van der Waals surface area (Å²) >= 11 is 0. The molecule has 2 bridgehead atoms. The zero-order valence-corrected chi connectivity index (χ0v) is 26.9. The lowest BCUT2D eigenvalue weighted by molar-refractivity contribution is -0.297. The number of methoxy groups -OCH3 is 1. The average molecular weight is 634 g/mol. The molecule has 10 atom stereocenters. The number of ether oxygens (including phenoxy) is 5. The van der Waals surface area contributed by atoms with Crippen molar-refractivity contribution in [1.82, 2.24) is 0 Å². The smallest absolute Gasteiger partial charge is 0.349 e. The molecule has 0 aromatic carbocycles. The quantitative estimate of drug-likeness (QED) is 0.210. The third-order valence-electron chi connectivity index (χ3n) is 11.0. The van der Waals surface area contributed by atoms with E-state index in [1.165, 1.54) is 0 Å². The predicted octanol–water partition coefficient (Wildman–Crippen LogP) is 0.672. The number of hydrogen-bond donors (Lipinski definition) is 3. The number of Topliss-reactive ketones (excluding diaryl/α,β-unsaturated/α-hetero) is 2. The minimum absolute atomic E-state index is 0.0260. The van der Waals surface area contributed by atoms with Crippen LogP contribution in [0.15, 0.2) is 23.0 Å². The molecule has 3 aliphatic carbocycles. The minimum atomic E-state index is -2.53. The Hall–Kier alpha value is -3.13. The van der Waals surface area contributed by atoms with E-state index in [0.717, 1.165) is 13.2 Å². The van der Waals surface area contributed by atoms with E-state index in [9.17, 15) is 34.2 Å². The highest BCUT2D eigenvalue weighted by molar-refractivity contribution is 5.97. The first-order chi connectivity index (χ1) is 20.7. The lowest BCUT2D eigenvalue weighted by Crippen LogP contribution is -2.90. The molecule has 0 aromatic heterocycles. The molecule has 45 heavy (non-hydrogen) atoms. The molecule has 2 aliphatic heterocycles. The number of carbonyl (C=O) groups is 5. The largest absolute Gasteiger partial charge is 0.482 e. The fourth-order valence-corrected chi connectivity index (χ4v) is 8.94. The normalized spacial score (nSPS) is 41.8. The first-order valence-corrected chi connectivity index (χ1v) is 15.1. The van der Waals surface area contributed by atoms with Gasteiger partial charge in [-0.15, -0.1) is 0 Å². The van der Waals surface area contributed by atoms with Gasteiger partial charge in [-0.1, -0.05) is 33.3 Å². The van der Waals surface area contributed by atoms with Crippen LogP contribution in [0, 0.1) is 28.1 Å². The third-order valence-corrected chi connectivity index (χ3v) is 11.0. The maximum Gasteiger partial charge on any atom is 0.349 e. The van der Waals surface area contributed by atoms with Crippen molar-refractivity contribution in [3.05, 3.63) is 23.0 Å². The van der Waals surface area contributed by atoms with Gasteiger partial charge in [0.1, 0.15) is 24.4 Å². The van der Waals surface area contributed by atoms with Gasteiger partial charge in [0.2, 0.25) is 11.7 Å². The summed E-state index contributed by atoms with van der Waals surface area (Å²) in [6, 6.07) is 0. The van der Waals surface area contributed by atoms with Gasteiger partial charge < -0.3 is 39.6 Å². The van der Waals surface area contributed by atoms with Gasteiger partial charge in [-0.05, 0) is 44.1 Å². The number of aliphatic hydroxyl groups is 2. The summed E-state index contributed by atoms with van der Waals surface area (Å²) in [6.45, 7) is 11.3. The van der Waals surface area contributed by atoms with Crippen molar-refractivity contribution in [1.29, 1.82) is 0 Å². The van der Waals surface area contributed by atoms with Crippen LogP contribution in [-0.2, 0) is 47.7 Å². The van der Waals surface area contributed by atoms with Gasteiger partial charge in [-0.2, -0.15) is 0 Å². The van der Waals surface area contributed by atoms with Gasteiger partial charge in [0.25, 0.3) is 0 Å². The number of hydrogen-bond acceptors (Lipinski definition) is 13. The number of fused-ring (bicyclic) bond motifs is 2. The van der Waals surface area contributed by atoms with Crippen LogP contribution >= 0.6 is 0 Å². The lowest BCUT2D eigenvalue weighted by atomic mass is 9.36. The molecule has 4 fully saturated rings. The average Bonchev–Trinajstić information content (AvgIpc) is 3.14. The van der Waals surface area contributed by atoms with Gasteiger partial charge in [-0.3, -0.25) is 9.59 Å². The molecule has 0 amide bonds. The summed E-state index contributed by atoms with van der Waals surface area (Å²) in [5.41, 5.74) is 0.00474. The Balaban J connectivity index is 1.69. The fraction of sp³-hybridized carbons (Fsp3) is 0.719. The van der Waals surface area contributed by atoms with Crippen LogP contribution in [-0.4, -0.2) is 95.6 Å². The van der Waals surface area contributed by atoms with Gasteiger partial charge in [-0.25, -0.2) is 14.4 Å². The molecule has 2 saturated heterocycles. The molecule has 1 unspecified atom stereocenters. The van der Waals surface area contributed by atoms with Crippen LogP contribution in [0.1, 0.15) is 61.3 Å². The number of carbonyl (C=O) groups excluding carboxylic acids is 5. The second kappa shape index (κ2) is 10.4. The third kappa shape index (κ3) is 4.16. The Morgan fingerprint density at radius 1 is 1.16 bits per heavy atom. The Labute approximate surface area is 261 Å². The Kier molecular flexibility index (Phi) is 7.71. The van der Waals surface area contributed by atoms with Gasteiger partial charge in [0, 0.05) is 23.8 Å². The molecule has 13 nitrogen and oxygen atoms in total. The summed E-state index contributed by atoms with van der Waals surface area (Å²) < 4.78 is 28.6. The van der Waals surface area contributed by atoms with E-state index in [-0.39, 0.29) is 37.6 Å². The van der Waals surface area contributed by atoms with E-state index in [4.69, 9.17) is 29.4 Å². The first-order valence-electron chi connectivity index (χ1n) is 15.1. The molecule has 13 heteroatoms. The number of nitrogens with two attached hydrogens (primary N) is 1. The molecule has 2 heterocycles. The summed E-state index contributed by atoms with van der Waals surface area (Å²) in [6.07, 6.45) is -5.78. The summed E-state index contributed by atoms with van der Waals surface area (Å²) in [7, 11) is 1.04. The minimum Gasteiger partial charge on any atom is -0.482 e.